The molecule has 5 nitrogen and oxygen atoms in total. The van der Waals surface area contributed by atoms with Gasteiger partial charge in [-0.1, -0.05) is 182 Å². The summed E-state index contributed by atoms with van der Waals surface area (Å²) in [7, 11) is 2.17. The summed E-state index contributed by atoms with van der Waals surface area (Å²) in [6, 6.07) is 76.4. The lowest BCUT2D eigenvalue weighted by Crippen LogP contribution is -2.17. The third-order valence-corrected chi connectivity index (χ3v) is 12.3. The lowest BCUT2D eigenvalue weighted by molar-refractivity contribution is 1.01. The SMILES string of the molecule is CS.Cn1c2ccccc2c2c1ccc1c3c4ccccc4ccc3n(-c3ccccc3)c12.NC(=NC(=NCc1ccc2ccccc2c1)c1ccccc1)c1cccc2ccccc12. The summed E-state index contributed by atoms with van der Waals surface area (Å²) in [6.07, 6.45) is 1.69. The summed E-state index contributed by atoms with van der Waals surface area (Å²) < 4.78 is 4.76. The largest absolute Gasteiger partial charge is 0.383 e. The average molecular weight is 858 g/mol. The molecule has 0 amide bonds. The van der Waals surface area contributed by atoms with Crippen LogP contribution < -0.4 is 5.73 Å². The van der Waals surface area contributed by atoms with E-state index in [1.54, 1.807) is 6.26 Å². The summed E-state index contributed by atoms with van der Waals surface area (Å²) in [4.78, 5) is 9.65. The van der Waals surface area contributed by atoms with Gasteiger partial charge in [0.25, 0.3) is 0 Å². The number of fused-ring (bicyclic) bond motifs is 11. The number of aromatic nitrogens is 2. The Hall–Kier alpha value is -7.93. The van der Waals surface area contributed by atoms with E-state index in [-0.39, 0.29) is 0 Å². The van der Waals surface area contributed by atoms with Gasteiger partial charge in [0.15, 0.2) is 5.84 Å². The summed E-state index contributed by atoms with van der Waals surface area (Å²) in [5.74, 6) is 1.09. The molecular weight excluding hydrogens is 811 g/mol. The zero-order chi connectivity index (χ0) is 44.3. The van der Waals surface area contributed by atoms with Crippen molar-refractivity contribution < 1.29 is 0 Å². The van der Waals surface area contributed by atoms with Crippen LogP contribution in [0.3, 0.4) is 0 Å². The van der Waals surface area contributed by atoms with Crippen molar-refractivity contribution in [2.24, 2.45) is 22.8 Å². The summed E-state index contributed by atoms with van der Waals surface area (Å²) >= 11 is 3.53. The minimum absolute atomic E-state index is 0.461. The van der Waals surface area contributed by atoms with Crippen LogP contribution in [0.2, 0.25) is 0 Å². The van der Waals surface area contributed by atoms with E-state index >= 15 is 0 Å². The second kappa shape index (κ2) is 18.0. The molecule has 0 saturated heterocycles. The molecule has 314 valence electrons. The molecule has 0 atom stereocenters. The fraction of sp³-hybridized carbons (Fsp3) is 0.0508. The van der Waals surface area contributed by atoms with E-state index < -0.39 is 0 Å². The van der Waals surface area contributed by atoms with Crippen molar-refractivity contribution in [2.45, 2.75) is 6.54 Å². The number of amidine groups is 2. The van der Waals surface area contributed by atoms with Gasteiger partial charge in [-0.05, 0) is 80.5 Å². The maximum Gasteiger partial charge on any atom is 0.157 e. The maximum atomic E-state index is 6.51. The van der Waals surface area contributed by atoms with Crippen molar-refractivity contribution in [3.63, 3.8) is 0 Å². The van der Waals surface area contributed by atoms with Crippen LogP contribution in [0.1, 0.15) is 16.7 Å². The van der Waals surface area contributed by atoms with Crippen LogP contribution >= 0.6 is 12.6 Å². The normalized spacial score (nSPS) is 11.9. The van der Waals surface area contributed by atoms with Crippen molar-refractivity contribution in [2.75, 3.05) is 6.26 Å². The zero-order valence-electron chi connectivity index (χ0n) is 36.3. The van der Waals surface area contributed by atoms with E-state index in [9.17, 15) is 0 Å². The Labute approximate surface area is 383 Å². The molecule has 0 unspecified atom stereocenters. The van der Waals surface area contributed by atoms with Crippen molar-refractivity contribution in [1.82, 2.24) is 9.13 Å². The molecule has 10 aromatic carbocycles. The van der Waals surface area contributed by atoms with E-state index in [0.717, 1.165) is 27.5 Å². The van der Waals surface area contributed by atoms with Crippen molar-refractivity contribution in [3.8, 4) is 5.69 Å². The third-order valence-electron chi connectivity index (χ3n) is 12.3. The van der Waals surface area contributed by atoms with E-state index in [1.165, 1.54) is 70.8 Å². The predicted molar refractivity (Wildman–Crippen MR) is 282 cm³/mol. The lowest BCUT2D eigenvalue weighted by Gasteiger charge is -2.09. The molecule has 2 heterocycles. The van der Waals surface area contributed by atoms with Crippen LogP contribution in [-0.2, 0) is 13.6 Å². The van der Waals surface area contributed by atoms with Gasteiger partial charge in [-0.3, -0.25) is 4.99 Å². The molecule has 2 aromatic heterocycles. The molecule has 12 rings (SSSR count). The molecule has 12 aromatic rings. The number of hydrogen-bond donors (Lipinski definition) is 2. The highest BCUT2D eigenvalue weighted by Crippen LogP contribution is 2.42. The van der Waals surface area contributed by atoms with Gasteiger partial charge in [0, 0.05) is 50.9 Å². The fourth-order valence-corrected chi connectivity index (χ4v) is 9.27. The molecule has 0 aliphatic heterocycles. The Bertz CT molecular complexity index is 3730. The Morgan fingerprint density at radius 2 is 1.06 bits per heavy atom. The molecule has 0 bridgehead atoms. The average Bonchev–Trinajstić information content (AvgIpc) is 3.88. The van der Waals surface area contributed by atoms with Gasteiger partial charge in [-0.2, -0.15) is 12.6 Å². The zero-order valence-corrected chi connectivity index (χ0v) is 37.2. The number of nitrogens with zero attached hydrogens (tertiary/aromatic N) is 4. The smallest absolute Gasteiger partial charge is 0.157 e. The second-order valence-corrected chi connectivity index (χ2v) is 16.0. The molecular formula is C59H47N5S. The molecule has 0 radical (unpaired) electrons. The quantitative estimate of drug-likeness (QED) is 0.101. The summed E-state index contributed by atoms with van der Waals surface area (Å²) in [5, 5.41) is 12.5. The molecule has 0 spiro atoms. The number of rotatable bonds is 5. The van der Waals surface area contributed by atoms with Crippen LogP contribution in [0.4, 0.5) is 0 Å². The van der Waals surface area contributed by atoms with Gasteiger partial charge in [-0.25, -0.2) is 4.99 Å². The number of nitrogens with two attached hydrogens (primary N) is 1. The number of aliphatic imine (C=N–C) groups is 2. The van der Waals surface area contributed by atoms with Gasteiger partial charge in [0.05, 0.1) is 23.1 Å². The standard InChI is InChI=1S/C29H23N3.C29H20N2.CH4S/c30-28(27-16-8-14-23-10-6-7-15-26(23)27)32-29(24-11-2-1-3-12-24)31-20-21-17-18-22-9-4-5-13-25(22)19-21;1-30-24-14-8-7-13-22(24)28-25(30)18-16-23-27-21-12-6-5-9-19(21)15-17-26(27)31(29(23)28)20-10-3-2-4-11-20;1-2/h1-19H,20H2,(H2,30,31,32);2-18H,1H3;2H,1H3. The number of aryl methyl sites for hydroxylation is 1. The van der Waals surface area contributed by atoms with Crippen molar-refractivity contribution >= 4 is 100 Å². The highest BCUT2D eigenvalue weighted by molar-refractivity contribution is 7.79. The van der Waals surface area contributed by atoms with Crippen LogP contribution in [0.15, 0.2) is 228 Å². The van der Waals surface area contributed by atoms with Crippen molar-refractivity contribution in [3.05, 3.63) is 235 Å². The predicted octanol–water partition coefficient (Wildman–Crippen LogP) is 14.5. The van der Waals surface area contributed by atoms with Crippen LogP contribution in [0, 0.1) is 0 Å². The fourth-order valence-electron chi connectivity index (χ4n) is 9.27. The van der Waals surface area contributed by atoms with E-state index in [4.69, 9.17) is 15.7 Å². The van der Waals surface area contributed by atoms with Crippen LogP contribution in [0.25, 0.3) is 81.6 Å². The van der Waals surface area contributed by atoms with Gasteiger partial charge in [-0.15, -0.1) is 0 Å². The molecule has 0 aliphatic carbocycles. The van der Waals surface area contributed by atoms with Gasteiger partial charge < -0.3 is 14.9 Å². The van der Waals surface area contributed by atoms with E-state index in [2.05, 4.69) is 193 Å². The summed E-state index contributed by atoms with van der Waals surface area (Å²) in [5.41, 5.74) is 15.8. The molecule has 0 saturated carbocycles. The molecule has 65 heavy (non-hydrogen) atoms. The molecule has 2 N–H and O–H groups in total. The third kappa shape index (κ3) is 7.68. The topological polar surface area (TPSA) is 60.6 Å². The van der Waals surface area contributed by atoms with Crippen LogP contribution in [0.5, 0.6) is 0 Å². The molecule has 6 heteroatoms. The second-order valence-electron chi connectivity index (χ2n) is 16.0. The molecule has 0 aliphatic rings. The monoisotopic (exact) mass is 857 g/mol. The van der Waals surface area contributed by atoms with Gasteiger partial charge >= 0.3 is 0 Å². The Kier molecular flexibility index (Phi) is 11.4. The highest BCUT2D eigenvalue weighted by Gasteiger charge is 2.20. The lowest BCUT2D eigenvalue weighted by atomic mass is 10.0. The van der Waals surface area contributed by atoms with E-state index in [1.807, 2.05) is 54.6 Å². The van der Waals surface area contributed by atoms with E-state index in [0.29, 0.717) is 18.2 Å². The molecule has 0 fully saturated rings. The van der Waals surface area contributed by atoms with Gasteiger partial charge in [0.1, 0.15) is 5.84 Å². The number of thiol groups is 1. The van der Waals surface area contributed by atoms with Crippen LogP contribution in [-0.4, -0.2) is 27.1 Å². The summed E-state index contributed by atoms with van der Waals surface area (Å²) in [6.45, 7) is 0.529. The first-order chi connectivity index (χ1) is 32.1. The first kappa shape index (κ1) is 41.1. The number of hydrogen-bond acceptors (Lipinski definition) is 2. The maximum absolute atomic E-state index is 6.51. The Morgan fingerprint density at radius 3 is 1.83 bits per heavy atom. The first-order valence-corrected chi connectivity index (χ1v) is 22.7. The Balaban J connectivity index is 0.000000148. The number of benzene rings is 10. The first-order valence-electron chi connectivity index (χ1n) is 21.8. The minimum Gasteiger partial charge on any atom is -0.383 e. The minimum atomic E-state index is 0.461. The van der Waals surface area contributed by atoms with Crippen molar-refractivity contribution in [1.29, 1.82) is 0 Å². The highest BCUT2D eigenvalue weighted by atomic mass is 32.1. The Morgan fingerprint density at radius 1 is 0.477 bits per heavy atom. The van der Waals surface area contributed by atoms with Gasteiger partial charge in [0.2, 0.25) is 0 Å². The number of para-hydroxylation sites is 2.